The molecule has 0 aliphatic carbocycles. The van der Waals surface area contributed by atoms with Crippen LogP contribution in [0.5, 0.6) is 0 Å². The number of rotatable bonds is 5. The lowest BCUT2D eigenvalue weighted by Gasteiger charge is -2.15. The zero-order valence-electron chi connectivity index (χ0n) is 10.2. The van der Waals surface area contributed by atoms with Gasteiger partial charge in [-0.15, -0.1) is 11.3 Å². The van der Waals surface area contributed by atoms with Gasteiger partial charge in [-0.3, -0.25) is 4.79 Å². The summed E-state index contributed by atoms with van der Waals surface area (Å²) in [5.74, 6) is 0.192. The molecule has 1 fully saturated rings. The Morgan fingerprint density at radius 1 is 1.71 bits per heavy atom. The number of anilines is 1. The van der Waals surface area contributed by atoms with Gasteiger partial charge in [-0.1, -0.05) is 13.3 Å². The molecule has 1 unspecified atom stereocenters. The van der Waals surface area contributed by atoms with Gasteiger partial charge in [0.1, 0.15) is 0 Å². The molecule has 1 amide bonds. The van der Waals surface area contributed by atoms with E-state index in [0.29, 0.717) is 12.5 Å². The molecule has 1 N–H and O–H groups in total. The number of hydrogen-bond donors (Lipinski definition) is 1. The van der Waals surface area contributed by atoms with Gasteiger partial charge in [-0.25, -0.2) is 4.98 Å². The van der Waals surface area contributed by atoms with Crippen LogP contribution in [-0.4, -0.2) is 30.0 Å². The van der Waals surface area contributed by atoms with E-state index < -0.39 is 0 Å². The van der Waals surface area contributed by atoms with Crippen molar-refractivity contribution < 1.29 is 4.79 Å². The van der Waals surface area contributed by atoms with E-state index in [1.807, 2.05) is 11.6 Å². The first kappa shape index (κ1) is 12.4. The molecule has 94 valence electrons. The normalized spacial score (nSPS) is 19.6. The van der Waals surface area contributed by atoms with E-state index in [0.717, 1.165) is 37.5 Å². The summed E-state index contributed by atoms with van der Waals surface area (Å²) >= 11 is 1.66. The highest BCUT2D eigenvalue weighted by Crippen LogP contribution is 2.22. The average Bonchev–Trinajstić information content (AvgIpc) is 2.95. The molecule has 0 saturated carbocycles. The number of aromatic nitrogens is 1. The third-order valence-corrected chi connectivity index (χ3v) is 3.83. The minimum atomic E-state index is 0.192. The van der Waals surface area contributed by atoms with E-state index in [2.05, 4.69) is 22.1 Å². The van der Waals surface area contributed by atoms with Crippen molar-refractivity contribution in [3.8, 4) is 0 Å². The predicted molar refractivity (Wildman–Crippen MR) is 70.4 cm³/mol. The summed E-state index contributed by atoms with van der Waals surface area (Å²) in [6, 6.07) is 0.295. The lowest BCUT2D eigenvalue weighted by molar-refractivity contribution is -0.121. The van der Waals surface area contributed by atoms with Crippen LogP contribution in [0.15, 0.2) is 11.6 Å². The molecule has 0 aromatic carbocycles. The SMILES string of the molecule is CCCCC(=O)NC1CCN(c2nccs2)C1. The smallest absolute Gasteiger partial charge is 0.220 e. The summed E-state index contributed by atoms with van der Waals surface area (Å²) in [4.78, 5) is 18.1. The summed E-state index contributed by atoms with van der Waals surface area (Å²) in [6.07, 6.45) is 5.56. The molecule has 1 aromatic heterocycles. The number of nitrogens with zero attached hydrogens (tertiary/aromatic N) is 2. The van der Waals surface area contributed by atoms with Gasteiger partial charge in [0.15, 0.2) is 5.13 Å². The van der Waals surface area contributed by atoms with Crippen molar-refractivity contribution in [1.29, 1.82) is 0 Å². The van der Waals surface area contributed by atoms with Crippen molar-refractivity contribution >= 4 is 22.4 Å². The number of unbranched alkanes of at least 4 members (excludes halogenated alkanes) is 1. The molecule has 1 saturated heterocycles. The Kier molecular flexibility index (Phi) is 4.36. The van der Waals surface area contributed by atoms with Crippen LogP contribution in [0.2, 0.25) is 0 Å². The quantitative estimate of drug-likeness (QED) is 0.873. The van der Waals surface area contributed by atoms with E-state index in [-0.39, 0.29) is 5.91 Å². The fourth-order valence-corrected chi connectivity index (χ4v) is 2.74. The molecule has 0 bridgehead atoms. The van der Waals surface area contributed by atoms with Crippen LogP contribution >= 0.6 is 11.3 Å². The van der Waals surface area contributed by atoms with Gasteiger partial charge < -0.3 is 10.2 Å². The highest BCUT2D eigenvalue weighted by atomic mass is 32.1. The highest BCUT2D eigenvalue weighted by Gasteiger charge is 2.24. The largest absolute Gasteiger partial charge is 0.352 e. The Hall–Kier alpha value is -1.10. The summed E-state index contributed by atoms with van der Waals surface area (Å²) in [6.45, 7) is 3.99. The number of hydrogen-bond acceptors (Lipinski definition) is 4. The lowest BCUT2D eigenvalue weighted by atomic mass is 10.2. The number of carbonyl (C=O) groups excluding carboxylic acids is 1. The van der Waals surface area contributed by atoms with Crippen molar-refractivity contribution in [1.82, 2.24) is 10.3 Å². The molecule has 1 atom stereocenters. The van der Waals surface area contributed by atoms with Gasteiger partial charge in [0.05, 0.1) is 0 Å². The van der Waals surface area contributed by atoms with Crippen LogP contribution < -0.4 is 10.2 Å². The third kappa shape index (κ3) is 3.43. The maximum Gasteiger partial charge on any atom is 0.220 e. The maximum atomic E-state index is 11.6. The van der Waals surface area contributed by atoms with E-state index in [4.69, 9.17) is 0 Å². The summed E-state index contributed by atoms with van der Waals surface area (Å²) in [5.41, 5.74) is 0. The molecular formula is C12H19N3OS. The zero-order valence-corrected chi connectivity index (χ0v) is 11.0. The first-order valence-corrected chi connectivity index (χ1v) is 7.11. The van der Waals surface area contributed by atoms with Gasteiger partial charge in [0, 0.05) is 37.1 Å². The maximum absolute atomic E-state index is 11.6. The minimum absolute atomic E-state index is 0.192. The second-order valence-electron chi connectivity index (χ2n) is 4.42. The van der Waals surface area contributed by atoms with E-state index in [9.17, 15) is 4.79 Å². The Balaban J connectivity index is 1.76. The molecule has 17 heavy (non-hydrogen) atoms. The Morgan fingerprint density at radius 2 is 2.59 bits per heavy atom. The van der Waals surface area contributed by atoms with E-state index >= 15 is 0 Å². The third-order valence-electron chi connectivity index (χ3n) is 3.00. The standard InChI is InChI=1S/C12H19N3OS/c1-2-3-4-11(16)14-10-5-7-15(9-10)12-13-6-8-17-12/h6,8,10H,2-5,7,9H2,1H3,(H,14,16). The molecule has 1 aromatic rings. The molecule has 1 aliphatic rings. The molecule has 2 heterocycles. The number of nitrogens with one attached hydrogen (secondary N) is 1. The first-order chi connectivity index (χ1) is 8.29. The van der Waals surface area contributed by atoms with Crippen LogP contribution in [-0.2, 0) is 4.79 Å². The van der Waals surface area contributed by atoms with Crippen molar-refractivity contribution in [2.75, 3.05) is 18.0 Å². The van der Waals surface area contributed by atoms with Crippen LogP contribution in [0, 0.1) is 0 Å². The second-order valence-corrected chi connectivity index (χ2v) is 5.29. The van der Waals surface area contributed by atoms with Crippen LogP contribution in [0.3, 0.4) is 0 Å². The van der Waals surface area contributed by atoms with Crippen molar-refractivity contribution in [2.24, 2.45) is 0 Å². The summed E-state index contributed by atoms with van der Waals surface area (Å²) in [7, 11) is 0. The van der Waals surface area contributed by atoms with Crippen LogP contribution in [0.25, 0.3) is 0 Å². The number of carbonyl (C=O) groups is 1. The Morgan fingerprint density at radius 3 is 3.29 bits per heavy atom. The lowest BCUT2D eigenvalue weighted by Crippen LogP contribution is -2.36. The fourth-order valence-electron chi connectivity index (χ4n) is 2.06. The second kappa shape index (κ2) is 6.00. The van der Waals surface area contributed by atoms with Crippen molar-refractivity contribution in [3.63, 3.8) is 0 Å². The van der Waals surface area contributed by atoms with Gasteiger partial charge in [-0.2, -0.15) is 0 Å². The zero-order chi connectivity index (χ0) is 12.1. The molecule has 5 heteroatoms. The number of thiazole rings is 1. The monoisotopic (exact) mass is 253 g/mol. The molecule has 2 rings (SSSR count). The first-order valence-electron chi connectivity index (χ1n) is 6.23. The van der Waals surface area contributed by atoms with Crippen LogP contribution in [0.1, 0.15) is 32.6 Å². The van der Waals surface area contributed by atoms with Gasteiger partial charge in [-0.05, 0) is 12.8 Å². The van der Waals surface area contributed by atoms with Crippen LogP contribution in [0.4, 0.5) is 5.13 Å². The molecule has 0 radical (unpaired) electrons. The van der Waals surface area contributed by atoms with Crippen molar-refractivity contribution in [2.45, 2.75) is 38.6 Å². The molecule has 4 nitrogen and oxygen atoms in total. The fraction of sp³-hybridized carbons (Fsp3) is 0.667. The Bertz CT molecular complexity index is 353. The van der Waals surface area contributed by atoms with Gasteiger partial charge in [0.2, 0.25) is 5.91 Å². The number of amides is 1. The molecular weight excluding hydrogens is 234 g/mol. The summed E-state index contributed by atoms with van der Waals surface area (Å²) < 4.78 is 0. The highest BCUT2D eigenvalue weighted by molar-refractivity contribution is 7.13. The predicted octanol–water partition coefficient (Wildman–Crippen LogP) is 2.03. The van der Waals surface area contributed by atoms with Crippen molar-refractivity contribution in [3.05, 3.63) is 11.6 Å². The molecule has 0 spiro atoms. The van der Waals surface area contributed by atoms with Gasteiger partial charge >= 0.3 is 0 Å². The van der Waals surface area contributed by atoms with E-state index in [1.165, 1.54) is 0 Å². The van der Waals surface area contributed by atoms with E-state index in [1.54, 1.807) is 11.3 Å². The molecule has 1 aliphatic heterocycles. The average molecular weight is 253 g/mol. The minimum Gasteiger partial charge on any atom is -0.352 e. The van der Waals surface area contributed by atoms with Gasteiger partial charge in [0.25, 0.3) is 0 Å². The summed E-state index contributed by atoms with van der Waals surface area (Å²) in [5, 5.41) is 6.16. The Labute approximate surface area is 106 Å². The topological polar surface area (TPSA) is 45.2 Å².